The molecule has 78 valence electrons. The number of halogens is 1. The molecule has 2 N–H and O–H groups in total. The molecule has 2 nitrogen and oxygen atoms in total. The molecule has 0 saturated heterocycles. The predicted octanol–water partition coefficient (Wildman–Crippen LogP) is 3.78. The van der Waals surface area contributed by atoms with Gasteiger partial charge in [0.1, 0.15) is 5.82 Å². The second-order valence-corrected chi connectivity index (χ2v) is 6.31. The summed E-state index contributed by atoms with van der Waals surface area (Å²) in [5.41, 5.74) is 6.84. The fourth-order valence-corrected chi connectivity index (χ4v) is 3.17. The van der Waals surface area contributed by atoms with Crippen molar-refractivity contribution in [2.45, 2.75) is 10.6 Å². The van der Waals surface area contributed by atoms with Crippen LogP contribution < -0.4 is 5.73 Å². The SMILES string of the molecule is Nc1ccc(SCc2csc(Br)c2)cn1. The van der Waals surface area contributed by atoms with Gasteiger partial charge in [-0.15, -0.1) is 23.1 Å². The Morgan fingerprint density at radius 1 is 1.47 bits per heavy atom. The Morgan fingerprint density at radius 2 is 2.33 bits per heavy atom. The number of nitrogens with zero attached hydrogens (tertiary/aromatic N) is 1. The summed E-state index contributed by atoms with van der Waals surface area (Å²) >= 11 is 6.92. The third kappa shape index (κ3) is 3.22. The van der Waals surface area contributed by atoms with Crippen molar-refractivity contribution in [3.8, 4) is 0 Å². The Hall–Kier alpha value is -0.520. The quantitative estimate of drug-likeness (QED) is 0.877. The van der Waals surface area contributed by atoms with Gasteiger partial charge in [0.15, 0.2) is 0 Å². The molecule has 2 rings (SSSR count). The smallest absolute Gasteiger partial charge is 0.123 e. The zero-order valence-electron chi connectivity index (χ0n) is 7.81. The lowest BCUT2D eigenvalue weighted by atomic mass is 10.4. The number of anilines is 1. The van der Waals surface area contributed by atoms with Crippen molar-refractivity contribution < 1.29 is 0 Å². The van der Waals surface area contributed by atoms with Crippen molar-refractivity contribution in [3.05, 3.63) is 39.1 Å². The van der Waals surface area contributed by atoms with Crippen LogP contribution >= 0.6 is 39.0 Å². The number of aromatic nitrogens is 1. The lowest BCUT2D eigenvalue weighted by molar-refractivity contribution is 1.24. The molecule has 0 saturated carbocycles. The number of pyridine rings is 1. The van der Waals surface area contributed by atoms with Gasteiger partial charge in [-0.05, 0) is 45.1 Å². The highest BCUT2D eigenvalue weighted by atomic mass is 79.9. The van der Waals surface area contributed by atoms with Crippen LogP contribution in [0.2, 0.25) is 0 Å². The summed E-state index contributed by atoms with van der Waals surface area (Å²) in [7, 11) is 0. The minimum atomic E-state index is 0.567. The summed E-state index contributed by atoms with van der Waals surface area (Å²) < 4.78 is 1.17. The number of hydrogen-bond acceptors (Lipinski definition) is 4. The van der Waals surface area contributed by atoms with Crippen molar-refractivity contribution in [1.82, 2.24) is 4.98 Å². The number of hydrogen-bond donors (Lipinski definition) is 1. The molecule has 15 heavy (non-hydrogen) atoms. The van der Waals surface area contributed by atoms with Crippen LogP contribution in [0.4, 0.5) is 5.82 Å². The third-order valence-electron chi connectivity index (χ3n) is 1.79. The van der Waals surface area contributed by atoms with Gasteiger partial charge in [-0.2, -0.15) is 0 Å². The third-order valence-corrected chi connectivity index (χ3v) is 4.39. The molecule has 0 aromatic carbocycles. The first-order valence-corrected chi connectivity index (χ1v) is 6.97. The van der Waals surface area contributed by atoms with Crippen LogP contribution in [0.25, 0.3) is 0 Å². The first-order valence-electron chi connectivity index (χ1n) is 4.31. The van der Waals surface area contributed by atoms with E-state index in [1.165, 1.54) is 9.35 Å². The Labute approximate surface area is 105 Å². The Balaban J connectivity index is 1.96. The second-order valence-electron chi connectivity index (χ2n) is 2.97. The van der Waals surface area contributed by atoms with Gasteiger partial charge in [0.05, 0.1) is 3.79 Å². The van der Waals surface area contributed by atoms with Gasteiger partial charge < -0.3 is 5.73 Å². The van der Waals surface area contributed by atoms with E-state index in [-0.39, 0.29) is 0 Å². The van der Waals surface area contributed by atoms with Gasteiger partial charge in [-0.3, -0.25) is 0 Å². The lowest BCUT2D eigenvalue weighted by Gasteiger charge is -1.99. The average Bonchev–Trinajstić information content (AvgIpc) is 2.64. The molecule has 0 atom stereocenters. The molecule has 0 radical (unpaired) electrons. The van der Waals surface area contributed by atoms with Crippen molar-refractivity contribution in [2.75, 3.05) is 5.73 Å². The molecule has 0 unspecified atom stereocenters. The summed E-state index contributed by atoms with van der Waals surface area (Å²) in [5, 5.41) is 2.15. The van der Waals surface area contributed by atoms with E-state index < -0.39 is 0 Å². The van der Waals surface area contributed by atoms with E-state index in [0.29, 0.717) is 5.82 Å². The fraction of sp³-hybridized carbons (Fsp3) is 0.100. The summed E-state index contributed by atoms with van der Waals surface area (Å²) in [4.78, 5) is 5.19. The van der Waals surface area contributed by atoms with E-state index in [1.807, 2.05) is 12.1 Å². The van der Waals surface area contributed by atoms with Gasteiger partial charge >= 0.3 is 0 Å². The standard InChI is InChI=1S/C10H9BrN2S2/c11-9-3-7(6-15-9)5-14-8-1-2-10(12)13-4-8/h1-4,6H,5H2,(H2,12,13). The number of thioether (sulfide) groups is 1. The zero-order chi connectivity index (χ0) is 10.7. The summed E-state index contributed by atoms with van der Waals surface area (Å²) in [5.74, 6) is 1.53. The normalized spacial score (nSPS) is 10.5. The van der Waals surface area contributed by atoms with Crippen LogP contribution in [0.3, 0.4) is 0 Å². The van der Waals surface area contributed by atoms with Crippen LogP contribution in [0.1, 0.15) is 5.56 Å². The largest absolute Gasteiger partial charge is 0.384 e. The monoisotopic (exact) mass is 300 g/mol. The van der Waals surface area contributed by atoms with E-state index in [0.717, 1.165) is 10.6 Å². The van der Waals surface area contributed by atoms with E-state index in [1.54, 1.807) is 29.3 Å². The van der Waals surface area contributed by atoms with Crippen LogP contribution in [-0.2, 0) is 5.75 Å². The molecule has 2 aromatic rings. The molecule has 0 bridgehead atoms. The van der Waals surface area contributed by atoms with Crippen LogP contribution in [0.15, 0.2) is 38.5 Å². The highest BCUT2D eigenvalue weighted by Gasteiger charge is 1.99. The molecule has 2 aromatic heterocycles. The maximum Gasteiger partial charge on any atom is 0.123 e. The molecule has 0 fully saturated rings. The van der Waals surface area contributed by atoms with E-state index in [4.69, 9.17) is 5.73 Å². The van der Waals surface area contributed by atoms with Gasteiger partial charge in [-0.25, -0.2) is 4.98 Å². The van der Waals surface area contributed by atoms with E-state index in [2.05, 4.69) is 32.4 Å². The first-order chi connectivity index (χ1) is 7.24. The minimum Gasteiger partial charge on any atom is -0.384 e. The lowest BCUT2D eigenvalue weighted by Crippen LogP contribution is -1.88. The second kappa shape index (κ2) is 5.01. The Morgan fingerprint density at radius 3 is 2.93 bits per heavy atom. The van der Waals surface area contributed by atoms with Crippen molar-refractivity contribution in [3.63, 3.8) is 0 Å². The molecule has 5 heteroatoms. The number of nitrogen functional groups attached to an aromatic ring is 1. The molecule has 2 heterocycles. The molecule has 0 aliphatic rings. The van der Waals surface area contributed by atoms with Crippen LogP contribution in [0, 0.1) is 0 Å². The average molecular weight is 301 g/mol. The predicted molar refractivity (Wildman–Crippen MR) is 70.2 cm³/mol. The molecular formula is C10H9BrN2S2. The van der Waals surface area contributed by atoms with Gasteiger partial charge in [0, 0.05) is 16.8 Å². The molecule has 0 aliphatic carbocycles. The van der Waals surface area contributed by atoms with Crippen molar-refractivity contribution in [1.29, 1.82) is 0 Å². The first kappa shape index (κ1) is 11.0. The van der Waals surface area contributed by atoms with Gasteiger partial charge in [0.2, 0.25) is 0 Å². The number of nitrogens with two attached hydrogens (primary N) is 1. The number of thiophene rings is 1. The fourth-order valence-electron chi connectivity index (χ4n) is 1.07. The Kier molecular flexibility index (Phi) is 3.66. The maximum atomic E-state index is 5.51. The minimum absolute atomic E-state index is 0.567. The van der Waals surface area contributed by atoms with Crippen molar-refractivity contribution in [2.24, 2.45) is 0 Å². The van der Waals surface area contributed by atoms with E-state index >= 15 is 0 Å². The molecular weight excluding hydrogens is 292 g/mol. The Bertz CT molecular complexity index is 439. The van der Waals surface area contributed by atoms with Crippen LogP contribution in [-0.4, -0.2) is 4.98 Å². The highest BCUT2D eigenvalue weighted by Crippen LogP contribution is 2.27. The molecule has 0 aliphatic heterocycles. The molecule has 0 spiro atoms. The van der Waals surface area contributed by atoms with Gasteiger partial charge in [0.25, 0.3) is 0 Å². The highest BCUT2D eigenvalue weighted by molar-refractivity contribution is 9.11. The van der Waals surface area contributed by atoms with Crippen molar-refractivity contribution >= 4 is 44.8 Å². The zero-order valence-corrected chi connectivity index (χ0v) is 11.0. The summed E-state index contributed by atoms with van der Waals surface area (Å²) in [6, 6.07) is 5.96. The van der Waals surface area contributed by atoms with E-state index in [9.17, 15) is 0 Å². The molecule has 0 amide bonds. The summed E-state index contributed by atoms with van der Waals surface area (Å²) in [6.07, 6.45) is 1.81. The topological polar surface area (TPSA) is 38.9 Å². The van der Waals surface area contributed by atoms with Gasteiger partial charge in [-0.1, -0.05) is 0 Å². The maximum absolute atomic E-state index is 5.51. The summed E-state index contributed by atoms with van der Waals surface area (Å²) in [6.45, 7) is 0. The number of rotatable bonds is 3. The van der Waals surface area contributed by atoms with Crippen LogP contribution in [0.5, 0.6) is 0 Å².